The second kappa shape index (κ2) is 28.9. The topological polar surface area (TPSA) is 355 Å². The van der Waals surface area contributed by atoms with Crippen molar-refractivity contribution in [1.29, 1.82) is 0 Å². The lowest BCUT2D eigenvalue weighted by Gasteiger charge is -2.37. The van der Waals surface area contributed by atoms with Crippen LogP contribution in [-0.2, 0) is 56.0 Å². The number of carbonyl (C=O) groups is 9. The van der Waals surface area contributed by atoms with Gasteiger partial charge in [0.1, 0.15) is 48.0 Å². The Bertz CT molecular complexity index is 2350. The smallest absolute Gasteiger partial charge is 0.246 e. The molecule has 2 aromatic rings. The number of aliphatic imine (C=N–C) groups is 1. The summed E-state index contributed by atoms with van der Waals surface area (Å²) in [5.74, 6) is -6.86. The number of carbonyl (C=O) groups excluding carboxylic acids is 9. The quantitative estimate of drug-likeness (QED) is 0.0442. The maximum atomic E-state index is 14.8. The fraction of sp³-hybridized carbons (Fsp3) is 0.569. The fourth-order valence-electron chi connectivity index (χ4n) is 9.38. The maximum Gasteiger partial charge on any atom is 0.246 e. The second-order valence-corrected chi connectivity index (χ2v) is 22.4. The molecule has 14 N–H and O–H groups in total. The minimum atomic E-state index is -1.63. The van der Waals surface area contributed by atoms with Gasteiger partial charge in [0.2, 0.25) is 53.2 Å². The number of amides is 9. The Hall–Kier alpha value is -6.56. The van der Waals surface area contributed by atoms with Crippen LogP contribution in [0.25, 0.3) is 0 Å². The van der Waals surface area contributed by atoms with Gasteiger partial charge in [0.15, 0.2) is 5.96 Å². The molecule has 75 heavy (non-hydrogen) atoms. The number of nitrogens with two attached hydrogens (primary N) is 4. The summed E-state index contributed by atoms with van der Waals surface area (Å²) in [5, 5.41) is 16.6. The summed E-state index contributed by atoms with van der Waals surface area (Å²) in [4.78, 5) is 131. The van der Waals surface area contributed by atoms with Gasteiger partial charge in [0.05, 0.1) is 13.0 Å². The van der Waals surface area contributed by atoms with Crippen molar-refractivity contribution in [3.8, 4) is 5.75 Å². The van der Waals surface area contributed by atoms with E-state index in [0.717, 1.165) is 19.3 Å². The Balaban J connectivity index is 1.52. The average molecular weight is 1080 g/mol. The van der Waals surface area contributed by atoms with Gasteiger partial charge in [-0.15, -0.1) is 0 Å². The molecule has 410 valence electrons. The predicted octanol–water partition coefficient (Wildman–Crippen LogP) is 0.329. The summed E-state index contributed by atoms with van der Waals surface area (Å²) >= 11 is 0. The fourth-order valence-corrected chi connectivity index (χ4v) is 12.7. The standard InChI is InChI=1S/C51H74N12O10S2/c1-4-73-33-19-17-32(18-20-33)26-35-44(67)59-36(25-31-13-7-5-8-14-31)46(69)62-42(30(2)3)48(71)60-37(27-40(52)64)45(68)61-38(29-74-75-51(28-41(65)57-35)21-9-6-10-22-51)49(72)63-24-12-16-39(63)47(70)58-34(43(53)66)15-11-23-56-50(54)55/h5,7-8,13-14,17-20,30,34-39,42H,4,6,9-12,15-16,21-29H2,1-3H3,(H2,52,64)(H2,53,66)(H,57,65)(H,58,70)(H,59,67)(H,60,71)(H,61,68)(H,62,69)(H4,54,55,56)/t34-,35-,36-,37-,38-,39+,42+/m1/s1. The largest absolute Gasteiger partial charge is 0.494 e. The second-order valence-electron chi connectivity index (χ2n) is 19.6. The SMILES string of the molecule is CCOc1ccc(C[C@H]2NC(=O)CC3(CCCCC3)SSC[C@H](C(=O)N3CCC[C@H]3C(=O)N[C@H](CCCN=C(N)N)C(N)=O)NC(=O)[C@@H](CC(N)=O)NC(=O)[C@H](C(C)C)NC(=O)[C@@H](Cc3ccccc3)NC2=O)cc1. The van der Waals surface area contributed by atoms with E-state index >= 15 is 0 Å². The van der Waals surface area contributed by atoms with Gasteiger partial charge in [-0.25, -0.2) is 0 Å². The molecule has 0 bridgehead atoms. The highest BCUT2D eigenvalue weighted by Crippen LogP contribution is 2.48. The molecule has 1 saturated carbocycles. The zero-order valence-corrected chi connectivity index (χ0v) is 44.6. The molecule has 24 heteroatoms. The Morgan fingerprint density at radius 2 is 1.41 bits per heavy atom. The van der Waals surface area contributed by atoms with Gasteiger partial charge in [-0.05, 0) is 74.6 Å². The summed E-state index contributed by atoms with van der Waals surface area (Å²) in [5.41, 5.74) is 23.5. The minimum absolute atomic E-state index is 0.000376. The van der Waals surface area contributed by atoms with Crippen LogP contribution in [0.3, 0.4) is 0 Å². The van der Waals surface area contributed by atoms with Gasteiger partial charge >= 0.3 is 0 Å². The van der Waals surface area contributed by atoms with E-state index in [-0.39, 0.29) is 56.9 Å². The van der Waals surface area contributed by atoms with Crippen LogP contribution in [0.4, 0.5) is 0 Å². The molecule has 1 spiro atoms. The number of hydrogen-bond donors (Lipinski definition) is 10. The lowest BCUT2D eigenvalue weighted by molar-refractivity contribution is -0.142. The Labute approximate surface area is 445 Å². The highest BCUT2D eigenvalue weighted by Gasteiger charge is 2.42. The van der Waals surface area contributed by atoms with Gasteiger partial charge < -0.3 is 64.5 Å². The van der Waals surface area contributed by atoms with Crippen LogP contribution in [-0.4, -0.2) is 137 Å². The number of primary amides is 2. The van der Waals surface area contributed by atoms with E-state index in [9.17, 15) is 43.2 Å². The van der Waals surface area contributed by atoms with Crippen molar-refractivity contribution in [2.45, 2.75) is 151 Å². The monoisotopic (exact) mass is 1080 g/mol. The predicted molar refractivity (Wildman–Crippen MR) is 286 cm³/mol. The Morgan fingerprint density at radius 1 is 0.787 bits per heavy atom. The number of rotatable bonds is 17. The van der Waals surface area contributed by atoms with Gasteiger partial charge in [0, 0.05) is 42.9 Å². The van der Waals surface area contributed by atoms with E-state index < -0.39 is 113 Å². The van der Waals surface area contributed by atoms with E-state index in [1.54, 1.807) is 68.4 Å². The number of hydrogen-bond acceptors (Lipinski definition) is 13. The van der Waals surface area contributed by atoms with Crippen LogP contribution in [0.5, 0.6) is 5.75 Å². The molecule has 2 aromatic carbocycles. The third kappa shape index (κ3) is 18.4. The first kappa shape index (κ1) is 59.3. The molecule has 0 unspecified atom stereocenters. The van der Waals surface area contributed by atoms with E-state index in [1.165, 1.54) is 26.5 Å². The van der Waals surface area contributed by atoms with Crippen LogP contribution in [0.2, 0.25) is 0 Å². The molecule has 3 fully saturated rings. The molecule has 0 radical (unpaired) electrons. The Morgan fingerprint density at radius 3 is 2.04 bits per heavy atom. The van der Waals surface area contributed by atoms with Crippen molar-refractivity contribution in [3.63, 3.8) is 0 Å². The van der Waals surface area contributed by atoms with E-state index in [1.807, 2.05) is 6.92 Å². The molecule has 2 aliphatic heterocycles. The molecular weight excluding hydrogens is 1000 g/mol. The summed E-state index contributed by atoms with van der Waals surface area (Å²) in [7, 11) is 2.63. The van der Waals surface area contributed by atoms with Crippen LogP contribution in [0.1, 0.15) is 103 Å². The van der Waals surface area contributed by atoms with Crippen LogP contribution in [0.15, 0.2) is 59.6 Å². The van der Waals surface area contributed by atoms with E-state index in [4.69, 9.17) is 27.7 Å². The van der Waals surface area contributed by atoms with Crippen molar-refractivity contribution in [3.05, 3.63) is 65.7 Å². The third-order valence-corrected chi connectivity index (χ3v) is 16.6. The minimum Gasteiger partial charge on any atom is -0.494 e. The van der Waals surface area contributed by atoms with Gasteiger partial charge in [-0.3, -0.25) is 48.1 Å². The summed E-state index contributed by atoms with van der Waals surface area (Å²) < 4.78 is 4.95. The number of benzene rings is 2. The molecular formula is C51H74N12O10S2. The molecule has 1 aliphatic carbocycles. The van der Waals surface area contributed by atoms with Crippen molar-refractivity contribution < 1.29 is 47.9 Å². The number of guanidine groups is 1. The van der Waals surface area contributed by atoms with E-state index in [0.29, 0.717) is 49.2 Å². The molecule has 7 atom stereocenters. The van der Waals surface area contributed by atoms with Gasteiger partial charge in [-0.1, -0.05) is 97.2 Å². The first-order valence-corrected chi connectivity index (χ1v) is 27.9. The molecule has 22 nitrogen and oxygen atoms in total. The maximum absolute atomic E-state index is 14.8. The zero-order chi connectivity index (χ0) is 54.7. The van der Waals surface area contributed by atoms with Crippen molar-refractivity contribution in [2.75, 3.05) is 25.4 Å². The van der Waals surface area contributed by atoms with Crippen molar-refractivity contribution in [1.82, 2.24) is 36.8 Å². The number of likely N-dealkylation sites (tertiary alicyclic amines) is 1. The average Bonchev–Trinajstić information content (AvgIpc) is 3.86. The Kier molecular flexibility index (Phi) is 22.9. The number of ether oxygens (including phenoxy) is 1. The molecule has 9 amide bonds. The molecule has 2 heterocycles. The van der Waals surface area contributed by atoms with Crippen LogP contribution < -0.4 is 59.6 Å². The zero-order valence-electron chi connectivity index (χ0n) is 42.9. The highest BCUT2D eigenvalue weighted by molar-refractivity contribution is 8.77. The normalized spacial score (nSPS) is 23.6. The summed E-state index contributed by atoms with van der Waals surface area (Å²) in [6.07, 6.45) is 4.16. The third-order valence-electron chi connectivity index (χ3n) is 13.3. The summed E-state index contributed by atoms with van der Waals surface area (Å²) in [6, 6.07) is 7.17. The van der Waals surface area contributed by atoms with Crippen LogP contribution in [0, 0.1) is 5.92 Å². The van der Waals surface area contributed by atoms with Gasteiger partial charge in [-0.2, -0.15) is 0 Å². The summed E-state index contributed by atoms with van der Waals surface area (Å²) in [6.45, 7) is 5.92. The van der Waals surface area contributed by atoms with Crippen molar-refractivity contribution >= 4 is 80.7 Å². The molecule has 3 aliphatic rings. The van der Waals surface area contributed by atoms with E-state index in [2.05, 4.69) is 36.9 Å². The molecule has 5 rings (SSSR count). The molecule has 0 aromatic heterocycles. The molecule has 2 saturated heterocycles. The van der Waals surface area contributed by atoms with Crippen molar-refractivity contribution in [2.24, 2.45) is 33.8 Å². The number of nitrogens with one attached hydrogen (secondary N) is 6. The first-order chi connectivity index (χ1) is 35.8. The van der Waals surface area contributed by atoms with Crippen LogP contribution >= 0.6 is 21.6 Å². The first-order valence-electron chi connectivity index (χ1n) is 25.6. The van der Waals surface area contributed by atoms with Gasteiger partial charge in [0.25, 0.3) is 0 Å². The highest BCUT2D eigenvalue weighted by atomic mass is 33.1. The number of nitrogens with zero attached hydrogens (tertiary/aromatic N) is 2. The lowest BCUT2D eigenvalue weighted by Crippen LogP contribution is -2.61. The lowest BCUT2D eigenvalue weighted by atomic mass is 9.85.